The number of benzene rings is 2. The Kier molecular flexibility index (Phi) is 5.34. The Bertz CT molecular complexity index is 1180. The standard InChI is InChI=1S/C24H23FN4O2/c1-16-13-22(27-29(16)15-17-5-3-2-4-6-17)24-26-23(28-31-24)19-7-8-20(21(25)14-19)18-9-11-30-12-10-18/h2-8,13-14,18H,9-12,15H2,1H3. The van der Waals surface area contributed by atoms with Crippen molar-refractivity contribution in [1.29, 1.82) is 0 Å². The maximum absolute atomic E-state index is 14.8. The van der Waals surface area contributed by atoms with Crippen molar-refractivity contribution >= 4 is 0 Å². The first kappa shape index (κ1) is 19.6. The third-order valence-electron chi connectivity index (χ3n) is 5.72. The quantitative estimate of drug-likeness (QED) is 0.457. The third-order valence-corrected chi connectivity index (χ3v) is 5.72. The summed E-state index contributed by atoms with van der Waals surface area (Å²) in [5.41, 5.74) is 4.07. The minimum atomic E-state index is -0.237. The summed E-state index contributed by atoms with van der Waals surface area (Å²) in [5, 5.41) is 8.66. The van der Waals surface area contributed by atoms with Crippen molar-refractivity contribution in [2.45, 2.75) is 32.2 Å². The first-order valence-electron chi connectivity index (χ1n) is 10.5. The summed E-state index contributed by atoms with van der Waals surface area (Å²) in [6.07, 6.45) is 1.68. The highest BCUT2D eigenvalue weighted by Gasteiger charge is 2.21. The van der Waals surface area contributed by atoms with Gasteiger partial charge in [0.15, 0.2) is 5.69 Å². The molecule has 0 N–H and O–H groups in total. The van der Waals surface area contributed by atoms with Gasteiger partial charge < -0.3 is 9.26 Å². The fourth-order valence-corrected chi connectivity index (χ4v) is 3.98. The number of hydrogen-bond donors (Lipinski definition) is 0. The smallest absolute Gasteiger partial charge is 0.278 e. The van der Waals surface area contributed by atoms with Crippen LogP contribution in [0.15, 0.2) is 59.1 Å². The Morgan fingerprint density at radius 2 is 1.87 bits per heavy atom. The SMILES string of the molecule is Cc1cc(-c2nc(-c3ccc(C4CCOCC4)c(F)c3)no2)nn1Cc1ccccc1. The van der Waals surface area contributed by atoms with Crippen LogP contribution in [0, 0.1) is 12.7 Å². The van der Waals surface area contributed by atoms with Crippen molar-refractivity contribution in [3.63, 3.8) is 0 Å². The van der Waals surface area contributed by atoms with E-state index in [1.54, 1.807) is 0 Å². The zero-order chi connectivity index (χ0) is 21.2. The summed E-state index contributed by atoms with van der Waals surface area (Å²) in [7, 11) is 0. The lowest BCUT2D eigenvalue weighted by Gasteiger charge is -2.22. The maximum Gasteiger partial charge on any atom is 0.278 e. The van der Waals surface area contributed by atoms with Gasteiger partial charge in [0.2, 0.25) is 5.82 Å². The highest BCUT2D eigenvalue weighted by atomic mass is 19.1. The van der Waals surface area contributed by atoms with Gasteiger partial charge in [-0.1, -0.05) is 47.6 Å². The van der Waals surface area contributed by atoms with Gasteiger partial charge in [-0.05, 0) is 48.9 Å². The fourth-order valence-electron chi connectivity index (χ4n) is 3.98. The molecule has 1 aliphatic rings. The summed E-state index contributed by atoms with van der Waals surface area (Å²) in [6.45, 7) is 4.00. The Labute approximate surface area is 179 Å². The van der Waals surface area contributed by atoms with Crippen LogP contribution in [0.4, 0.5) is 4.39 Å². The van der Waals surface area contributed by atoms with Crippen LogP contribution >= 0.6 is 0 Å². The van der Waals surface area contributed by atoms with E-state index in [-0.39, 0.29) is 11.7 Å². The van der Waals surface area contributed by atoms with Crippen LogP contribution in [0.25, 0.3) is 23.0 Å². The molecule has 31 heavy (non-hydrogen) atoms. The van der Waals surface area contributed by atoms with Crippen molar-refractivity contribution < 1.29 is 13.7 Å². The molecule has 0 bridgehead atoms. The van der Waals surface area contributed by atoms with Gasteiger partial charge in [0.25, 0.3) is 5.89 Å². The molecular formula is C24H23FN4O2. The Morgan fingerprint density at radius 3 is 2.65 bits per heavy atom. The molecule has 2 aromatic carbocycles. The van der Waals surface area contributed by atoms with E-state index in [9.17, 15) is 4.39 Å². The molecule has 0 amide bonds. The molecule has 0 unspecified atom stereocenters. The molecule has 5 rings (SSSR count). The zero-order valence-electron chi connectivity index (χ0n) is 17.3. The summed E-state index contributed by atoms with van der Waals surface area (Å²) in [5.74, 6) is 0.625. The number of nitrogens with zero attached hydrogens (tertiary/aromatic N) is 4. The average Bonchev–Trinajstić information content (AvgIpc) is 3.42. The van der Waals surface area contributed by atoms with E-state index >= 15 is 0 Å². The molecule has 0 radical (unpaired) electrons. The van der Waals surface area contributed by atoms with Crippen LogP contribution in [0.1, 0.15) is 35.6 Å². The van der Waals surface area contributed by atoms with Gasteiger partial charge in [-0.15, -0.1) is 0 Å². The van der Waals surface area contributed by atoms with Gasteiger partial charge in [0.1, 0.15) is 5.82 Å². The minimum absolute atomic E-state index is 0.195. The molecule has 0 saturated carbocycles. The van der Waals surface area contributed by atoms with Crippen LogP contribution < -0.4 is 0 Å². The van der Waals surface area contributed by atoms with E-state index < -0.39 is 0 Å². The van der Waals surface area contributed by atoms with E-state index in [1.807, 2.05) is 48.0 Å². The summed E-state index contributed by atoms with van der Waals surface area (Å²) < 4.78 is 27.5. The second kappa shape index (κ2) is 8.43. The predicted octanol–water partition coefficient (Wildman–Crippen LogP) is 4.99. The Hall–Kier alpha value is -3.32. The predicted molar refractivity (Wildman–Crippen MR) is 114 cm³/mol. The van der Waals surface area contributed by atoms with Crippen LogP contribution in [-0.4, -0.2) is 33.1 Å². The zero-order valence-corrected chi connectivity index (χ0v) is 17.3. The molecule has 7 heteroatoms. The Morgan fingerprint density at radius 1 is 1.06 bits per heavy atom. The number of rotatable bonds is 5. The Balaban J connectivity index is 1.37. The van der Waals surface area contributed by atoms with Crippen molar-refractivity contribution in [3.8, 4) is 23.0 Å². The highest BCUT2D eigenvalue weighted by molar-refractivity contribution is 5.58. The van der Waals surface area contributed by atoms with Crippen molar-refractivity contribution in [3.05, 3.63) is 77.2 Å². The number of aryl methyl sites for hydroxylation is 1. The molecule has 0 atom stereocenters. The molecule has 1 saturated heterocycles. The van der Waals surface area contributed by atoms with E-state index in [0.29, 0.717) is 42.7 Å². The van der Waals surface area contributed by atoms with Crippen LogP contribution in [-0.2, 0) is 11.3 Å². The third kappa shape index (κ3) is 4.14. The minimum Gasteiger partial charge on any atom is -0.381 e. The highest BCUT2D eigenvalue weighted by Crippen LogP contribution is 2.31. The number of ether oxygens (including phenoxy) is 1. The first-order valence-corrected chi connectivity index (χ1v) is 10.5. The monoisotopic (exact) mass is 418 g/mol. The molecular weight excluding hydrogens is 395 g/mol. The molecule has 0 aliphatic carbocycles. The summed E-state index contributed by atoms with van der Waals surface area (Å²) in [4.78, 5) is 4.46. The molecule has 2 aromatic heterocycles. The lowest BCUT2D eigenvalue weighted by Crippen LogP contribution is -2.15. The molecule has 4 aromatic rings. The maximum atomic E-state index is 14.8. The molecule has 158 valence electrons. The first-order chi connectivity index (χ1) is 15.2. The lowest BCUT2D eigenvalue weighted by atomic mass is 9.90. The largest absolute Gasteiger partial charge is 0.381 e. The molecule has 1 aliphatic heterocycles. The van der Waals surface area contributed by atoms with Gasteiger partial charge in [0, 0.05) is 24.5 Å². The van der Waals surface area contributed by atoms with Gasteiger partial charge in [-0.25, -0.2) is 4.39 Å². The average molecular weight is 418 g/mol. The van der Waals surface area contributed by atoms with Crippen LogP contribution in [0.3, 0.4) is 0 Å². The number of hydrogen-bond acceptors (Lipinski definition) is 5. The van der Waals surface area contributed by atoms with E-state index in [1.165, 1.54) is 6.07 Å². The van der Waals surface area contributed by atoms with Gasteiger partial charge in [0.05, 0.1) is 6.54 Å². The number of aromatic nitrogens is 4. The van der Waals surface area contributed by atoms with Gasteiger partial charge in [-0.2, -0.15) is 10.1 Å². The topological polar surface area (TPSA) is 66.0 Å². The second-order valence-corrected chi connectivity index (χ2v) is 7.86. The summed E-state index contributed by atoms with van der Waals surface area (Å²) >= 11 is 0. The molecule has 0 spiro atoms. The van der Waals surface area contributed by atoms with Gasteiger partial charge in [-0.3, -0.25) is 4.68 Å². The molecule has 6 nitrogen and oxygen atoms in total. The van der Waals surface area contributed by atoms with E-state index in [2.05, 4.69) is 27.4 Å². The molecule has 3 heterocycles. The van der Waals surface area contributed by atoms with Crippen molar-refractivity contribution in [2.75, 3.05) is 13.2 Å². The van der Waals surface area contributed by atoms with Crippen LogP contribution in [0.5, 0.6) is 0 Å². The summed E-state index contributed by atoms with van der Waals surface area (Å²) in [6, 6.07) is 17.2. The van der Waals surface area contributed by atoms with Crippen molar-refractivity contribution in [2.24, 2.45) is 0 Å². The van der Waals surface area contributed by atoms with Gasteiger partial charge >= 0.3 is 0 Å². The van der Waals surface area contributed by atoms with E-state index in [0.717, 1.165) is 29.7 Å². The fraction of sp³-hybridized carbons (Fsp3) is 0.292. The normalized spacial score (nSPS) is 14.8. The van der Waals surface area contributed by atoms with E-state index in [4.69, 9.17) is 9.26 Å². The van der Waals surface area contributed by atoms with Crippen LogP contribution in [0.2, 0.25) is 0 Å². The second-order valence-electron chi connectivity index (χ2n) is 7.86. The number of halogens is 1. The lowest BCUT2D eigenvalue weighted by molar-refractivity contribution is 0.0846. The van der Waals surface area contributed by atoms with Crippen molar-refractivity contribution in [1.82, 2.24) is 19.9 Å². The molecule has 1 fully saturated rings.